The van der Waals surface area contributed by atoms with Crippen LogP contribution in [0.4, 0.5) is 0 Å². The summed E-state index contributed by atoms with van der Waals surface area (Å²) in [6.07, 6.45) is 5.27. The minimum Gasteiger partial charge on any atom is -0.471 e. The number of aryl methyl sites for hydroxylation is 1. The Balaban J connectivity index is 1.84. The summed E-state index contributed by atoms with van der Waals surface area (Å²) in [5.41, 5.74) is 2.96. The summed E-state index contributed by atoms with van der Waals surface area (Å²) in [4.78, 5) is 0. The highest BCUT2D eigenvalue weighted by Crippen LogP contribution is 2.28. The number of benzene rings is 1. The van der Waals surface area contributed by atoms with Gasteiger partial charge >= 0.3 is 0 Å². The van der Waals surface area contributed by atoms with Gasteiger partial charge in [-0.2, -0.15) is 10.2 Å². The van der Waals surface area contributed by atoms with E-state index in [2.05, 4.69) is 15.3 Å². The van der Waals surface area contributed by atoms with Crippen LogP contribution in [0, 0.1) is 0 Å². The first kappa shape index (κ1) is 12.3. The van der Waals surface area contributed by atoms with E-state index >= 15 is 0 Å². The van der Waals surface area contributed by atoms with E-state index < -0.39 is 0 Å². The Morgan fingerprint density at radius 1 is 1.10 bits per heavy atom. The number of ether oxygens (including phenoxy) is 1. The summed E-state index contributed by atoms with van der Waals surface area (Å²) in [7, 11) is 1.87. The number of hydrogen-bond acceptors (Lipinski definition) is 4. The van der Waals surface area contributed by atoms with E-state index in [1.54, 1.807) is 17.1 Å². The molecule has 0 saturated carbocycles. The Hall–Kier alpha value is -2.69. The fourth-order valence-electron chi connectivity index (χ4n) is 1.95. The van der Waals surface area contributed by atoms with Crippen molar-refractivity contribution in [2.45, 2.75) is 6.61 Å². The zero-order valence-electron chi connectivity index (χ0n) is 11.1. The van der Waals surface area contributed by atoms with E-state index in [1.807, 2.05) is 49.6 Å². The van der Waals surface area contributed by atoms with Crippen molar-refractivity contribution in [3.8, 4) is 17.0 Å². The first-order chi connectivity index (χ1) is 9.83. The third-order valence-electron chi connectivity index (χ3n) is 2.91. The van der Waals surface area contributed by atoms with E-state index in [4.69, 9.17) is 4.74 Å². The average molecular weight is 266 g/mol. The van der Waals surface area contributed by atoms with Crippen LogP contribution in [0.15, 0.2) is 55.0 Å². The molecule has 5 nitrogen and oxygen atoms in total. The van der Waals surface area contributed by atoms with E-state index in [0.717, 1.165) is 16.7 Å². The summed E-state index contributed by atoms with van der Waals surface area (Å²) >= 11 is 0. The lowest BCUT2D eigenvalue weighted by molar-refractivity contribution is 0.292. The van der Waals surface area contributed by atoms with Gasteiger partial charge in [0.05, 0.1) is 18.0 Å². The molecule has 20 heavy (non-hydrogen) atoms. The van der Waals surface area contributed by atoms with Crippen molar-refractivity contribution in [3.63, 3.8) is 0 Å². The third-order valence-corrected chi connectivity index (χ3v) is 2.91. The summed E-state index contributed by atoms with van der Waals surface area (Å²) < 4.78 is 7.55. The van der Waals surface area contributed by atoms with E-state index in [9.17, 15) is 0 Å². The first-order valence-electron chi connectivity index (χ1n) is 6.30. The van der Waals surface area contributed by atoms with Crippen LogP contribution in [0.5, 0.6) is 5.88 Å². The Morgan fingerprint density at radius 3 is 2.70 bits per heavy atom. The highest BCUT2D eigenvalue weighted by molar-refractivity contribution is 5.66. The highest BCUT2D eigenvalue weighted by Gasteiger charge is 2.11. The predicted octanol–water partition coefficient (Wildman–Crippen LogP) is 2.46. The lowest BCUT2D eigenvalue weighted by atomic mass is 10.2. The van der Waals surface area contributed by atoms with Crippen molar-refractivity contribution < 1.29 is 4.74 Å². The van der Waals surface area contributed by atoms with Gasteiger partial charge in [0, 0.05) is 18.8 Å². The number of aromatic nitrogens is 4. The molecule has 0 spiro atoms. The van der Waals surface area contributed by atoms with E-state index in [1.165, 1.54) is 0 Å². The lowest BCUT2D eigenvalue weighted by Crippen LogP contribution is -1.97. The van der Waals surface area contributed by atoms with Gasteiger partial charge in [-0.15, -0.1) is 5.10 Å². The zero-order valence-corrected chi connectivity index (χ0v) is 11.1. The quantitative estimate of drug-likeness (QED) is 0.728. The smallest absolute Gasteiger partial charge is 0.241 e. The van der Waals surface area contributed by atoms with Gasteiger partial charge in [-0.25, -0.2) is 0 Å². The van der Waals surface area contributed by atoms with Gasteiger partial charge < -0.3 is 4.74 Å². The molecule has 0 aliphatic carbocycles. The van der Waals surface area contributed by atoms with E-state index in [0.29, 0.717) is 12.5 Å². The SMILES string of the molecule is Cn1cc(-c2ccnnc2)c(OCc2ccccc2)n1. The highest BCUT2D eigenvalue weighted by atomic mass is 16.5. The van der Waals surface area contributed by atoms with Gasteiger partial charge in [-0.05, 0) is 11.6 Å². The summed E-state index contributed by atoms with van der Waals surface area (Å²) in [6, 6.07) is 11.9. The van der Waals surface area contributed by atoms with Gasteiger partial charge in [0.2, 0.25) is 5.88 Å². The van der Waals surface area contributed by atoms with Gasteiger partial charge in [-0.3, -0.25) is 4.68 Å². The molecule has 0 radical (unpaired) electrons. The molecule has 0 aliphatic heterocycles. The van der Waals surface area contributed by atoms with Crippen LogP contribution in [0.25, 0.3) is 11.1 Å². The maximum absolute atomic E-state index is 5.82. The largest absolute Gasteiger partial charge is 0.471 e. The summed E-state index contributed by atoms with van der Waals surface area (Å²) in [6.45, 7) is 0.489. The van der Waals surface area contributed by atoms with Crippen molar-refractivity contribution in [1.82, 2.24) is 20.0 Å². The molecular formula is C15H14N4O. The van der Waals surface area contributed by atoms with Crippen molar-refractivity contribution in [2.75, 3.05) is 0 Å². The van der Waals surface area contributed by atoms with Crippen LogP contribution >= 0.6 is 0 Å². The fourth-order valence-corrected chi connectivity index (χ4v) is 1.95. The Kier molecular flexibility index (Phi) is 3.41. The Bertz CT molecular complexity index is 680. The summed E-state index contributed by atoms with van der Waals surface area (Å²) in [5.74, 6) is 0.601. The second-order valence-electron chi connectivity index (χ2n) is 4.43. The van der Waals surface area contributed by atoms with Crippen molar-refractivity contribution >= 4 is 0 Å². The van der Waals surface area contributed by atoms with Crippen molar-refractivity contribution in [3.05, 3.63) is 60.6 Å². The van der Waals surface area contributed by atoms with Crippen LogP contribution in [0.1, 0.15) is 5.56 Å². The maximum Gasteiger partial charge on any atom is 0.241 e. The minimum atomic E-state index is 0.489. The number of hydrogen-bond donors (Lipinski definition) is 0. The topological polar surface area (TPSA) is 52.8 Å². The molecule has 5 heteroatoms. The van der Waals surface area contributed by atoms with Crippen LogP contribution in [-0.4, -0.2) is 20.0 Å². The molecule has 0 N–H and O–H groups in total. The number of rotatable bonds is 4. The molecule has 0 aliphatic rings. The zero-order chi connectivity index (χ0) is 13.8. The molecule has 0 amide bonds. The Morgan fingerprint density at radius 2 is 1.95 bits per heavy atom. The standard InChI is InChI=1S/C15H14N4O/c1-19-10-14(13-7-8-16-17-9-13)15(18-19)20-11-12-5-3-2-4-6-12/h2-10H,11H2,1H3. The minimum absolute atomic E-state index is 0.489. The van der Waals surface area contributed by atoms with E-state index in [-0.39, 0.29) is 0 Å². The van der Waals surface area contributed by atoms with Crippen molar-refractivity contribution in [1.29, 1.82) is 0 Å². The molecule has 0 fully saturated rings. The van der Waals surface area contributed by atoms with Crippen molar-refractivity contribution in [2.24, 2.45) is 7.05 Å². The molecule has 2 aromatic heterocycles. The summed E-state index contributed by atoms with van der Waals surface area (Å²) in [5, 5.41) is 12.0. The second kappa shape index (κ2) is 5.52. The van der Waals surface area contributed by atoms with Gasteiger partial charge in [0.25, 0.3) is 0 Å². The lowest BCUT2D eigenvalue weighted by Gasteiger charge is -2.05. The normalized spacial score (nSPS) is 10.4. The molecule has 100 valence electrons. The molecule has 1 aromatic carbocycles. The van der Waals surface area contributed by atoms with Gasteiger partial charge in [0.1, 0.15) is 6.61 Å². The monoisotopic (exact) mass is 266 g/mol. The van der Waals surface area contributed by atoms with Crippen LogP contribution in [-0.2, 0) is 13.7 Å². The molecule has 0 saturated heterocycles. The molecular weight excluding hydrogens is 252 g/mol. The molecule has 3 aromatic rings. The van der Waals surface area contributed by atoms with Gasteiger partial charge in [-0.1, -0.05) is 30.3 Å². The fraction of sp³-hybridized carbons (Fsp3) is 0.133. The molecule has 3 rings (SSSR count). The third kappa shape index (κ3) is 2.66. The first-order valence-corrected chi connectivity index (χ1v) is 6.30. The van der Waals surface area contributed by atoms with Gasteiger partial charge in [0.15, 0.2) is 0 Å². The van der Waals surface area contributed by atoms with Crippen LogP contribution in [0.3, 0.4) is 0 Å². The molecule has 0 unspecified atom stereocenters. The van der Waals surface area contributed by atoms with Crippen LogP contribution in [0.2, 0.25) is 0 Å². The average Bonchev–Trinajstić information content (AvgIpc) is 2.88. The van der Waals surface area contributed by atoms with Crippen LogP contribution < -0.4 is 4.74 Å². The molecule has 0 bridgehead atoms. The molecule has 0 atom stereocenters. The maximum atomic E-state index is 5.82. The molecule has 2 heterocycles. The second-order valence-corrected chi connectivity index (χ2v) is 4.43. The predicted molar refractivity (Wildman–Crippen MR) is 75.0 cm³/mol. The Labute approximate surface area is 116 Å². The number of nitrogens with zero attached hydrogens (tertiary/aromatic N) is 4.